The van der Waals surface area contributed by atoms with Gasteiger partial charge in [0.15, 0.2) is 0 Å². The van der Waals surface area contributed by atoms with E-state index in [1.807, 2.05) is 0 Å². The van der Waals surface area contributed by atoms with Crippen LogP contribution in [0, 0.1) is 0 Å². The highest BCUT2D eigenvalue weighted by Gasteiger charge is 2.38. The zero-order valence-corrected chi connectivity index (χ0v) is 8.47. The van der Waals surface area contributed by atoms with Crippen molar-refractivity contribution in [2.24, 2.45) is 12.8 Å². The Hall–Kier alpha value is -0.650. The molecule has 1 rings (SSSR count). The molecular formula is C8H13ClF2N2O. The molecule has 3 nitrogen and oxygen atoms in total. The summed E-state index contributed by atoms with van der Waals surface area (Å²) in [6.45, 7) is -1.24. The summed E-state index contributed by atoms with van der Waals surface area (Å²) in [4.78, 5) is 0. The third kappa shape index (κ3) is 2.43. The first-order valence-corrected chi connectivity index (χ1v) is 3.84. The quantitative estimate of drug-likeness (QED) is 0.810. The van der Waals surface area contributed by atoms with E-state index in [0.717, 1.165) is 0 Å². The first kappa shape index (κ1) is 13.4. The lowest BCUT2D eigenvalue weighted by atomic mass is 10.1. The maximum Gasteiger partial charge on any atom is 0.290 e. The molecule has 0 saturated heterocycles. The molecule has 1 heterocycles. The van der Waals surface area contributed by atoms with Crippen molar-refractivity contribution in [3.63, 3.8) is 0 Å². The minimum Gasteiger partial charge on any atom is -0.390 e. The lowest BCUT2D eigenvalue weighted by Crippen LogP contribution is -2.37. The summed E-state index contributed by atoms with van der Waals surface area (Å²) in [7, 11) is 1.63. The van der Waals surface area contributed by atoms with E-state index in [4.69, 9.17) is 10.8 Å². The van der Waals surface area contributed by atoms with Gasteiger partial charge in [-0.1, -0.05) is 0 Å². The van der Waals surface area contributed by atoms with E-state index in [0.29, 0.717) is 5.69 Å². The number of aliphatic hydroxyl groups is 1. The average molecular weight is 227 g/mol. The highest BCUT2D eigenvalue weighted by atomic mass is 35.5. The zero-order chi connectivity index (χ0) is 10.1. The summed E-state index contributed by atoms with van der Waals surface area (Å²) in [5, 5.41) is 8.41. The molecule has 1 atom stereocenters. The summed E-state index contributed by atoms with van der Waals surface area (Å²) < 4.78 is 27.3. The van der Waals surface area contributed by atoms with E-state index in [2.05, 4.69) is 0 Å². The van der Waals surface area contributed by atoms with E-state index in [-0.39, 0.29) is 12.4 Å². The third-order valence-electron chi connectivity index (χ3n) is 1.97. The molecule has 0 bridgehead atoms. The van der Waals surface area contributed by atoms with E-state index in [9.17, 15) is 8.78 Å². The zero-order valence-electron chi connectivity index (χ0n) is 7.65. The SMILES string of the molecule is Cl.Cn1cccc1[C@H](N)C(F)(F)CO. The fraction of sp³-hybridized carbons (Fsp3) is 0.500. The molecule has 82 valence electrons. The van der Waals surface area contributed by atoms with Crippen LogP contribution in [-0.4, -0.2) is 22.2 Å². The van der Waals surface area contributed by atoms with Crippen LogP contribution in [0.5, 0.6) is 0 Å². The summed E-state index contributed by atoms with van der Waals surface area (Å²) in [6, 6.07) is 1.68. The predicted molar refractivity (Wildman–Crippen MR) is 51.6 cm³/mol. The lowest BCUT2D eigenvalue weighted by molar-refractivity contribution is -0.0726. The molecule has 0 saturated carbocycles. The molecule has 3 N–H and O–H groups in total. The Balaban J connectivity index is 0.00000169. The second-order valence-electron chi connectivity index (χ2n) is 2.94. The Morgan fingerprint density at radius 3 is 2.57 bits per heavy atom. The molecule has 0 radical (unpaired) electrons. The van der Waals surface area contributed by atoms with Crippen molar-refractivity contribution in [2.45, 2.75) is 12.0 Å². The van der Waals surface area contributed by atoms with Crippen molar-refractivity contribution in [1.82, 2.24) is 4.57 Å². The largest absolute Gasteiger partial charge is 0.390 e. The van der Waals surface area contributed by atoms with Crippen LogP contribution < -0.4 is 5.73 Å². The van der Waals surface area contributed by atoms with Crippen LogP contribution in [0.3, 0.4) is 0 Å². The molecule has 0 aliphatic rings. The van der Waals surface area contributed by atoms with Gasteiger partial charge in [0.25, 0.3) is 5.92 Å². The number of aryl methyl sites for hydroxylation is 1. The molecule has 0 spiro atoms. The number of halogens is 3. The van der Waals surface area contributed by atoms with E-state index >= 15 is 0 Å². The van der Waals surface area contributed by atoms with Crippen LogP contribution in [0.4, 0.5) is 8.78 Å². The Morgan fingerprint density at radius 1 is 1.64 bits per heavy atom. The molecule has 14 heavy (non-hydrogen) atoms. The van der Waals surface area contributed by atoms with Gasteiger partial charge in [-0.3, -0.25) is 0 Å². The summed E-state index contributed by atoms with van der Waals surface area (Å²) in [5.74, 6) is -3.27. The van der Waals surface area contributed by atoms with Crippen molar-refractivity contribution in [3.8, 4) is 0 Å². The van der Waals surface area contributed by atoms with Crippen LogP contribution in [0.15, 0.2) is 18.3 Å². The number of hydrogen-bond acceptors (Lipinski definition) is 2. The standard InChI is InChI=1S/C8H12F2N2O.ClH/c1-12-4-2-3-6(12)7(11)8(9,10)5-13;/h2-4,7,13H,5,11H2,1H3;1H/t7-;/m0./s1. The number of alkyl halides is 2. The normalized spacial score (nSPS) is 13.5. The molecule has 0 amide bonds. The minimum absolute atomic E-state index is 0. The molecule has 0 aromatic carbocycles. The molecule has 0 aliphatic heterocycles. The first-order valence-electron chi connectivity index (χ1n) is 3.84. The van der Waals surface area contributed by atoms with Gasteiger partial charge in [0.2, 0.25) is 0 Å². The molecule has 0 aliphatic carbocycles. The monoisotopic (exact) mass is 226 g/mol. The minimum atomic E-state index is -3.27. The fourth-order valence-corrected chi connectivity index (χ4v) is 1.11. The van der Waals surface area contributed by atoms with E-state index < -0.39 is 18.6 Å². The van der Waals surface area contributed by atoms with Crippen LogP contribution >= 0.6 is 12.4 Å². The van der Waals surface area contributed by atoms with Gasteiger partial charge in [-0.15, -0.1) is 12.4 Å². The van der Waals surface area contributed by atoms with Gasteiger partial charge in [-0.05, 0) is 12.1 Å². The second-order valence-corrected chi connectivity index (χ2v) is 2.94. The number of nitrogens with zero attached hydrogens (tertiary/aromatic N) is 1. The van der Waals surface area contributed by atoms with Crippen molar-refractivity contribution in [1.29, 1.82) is 0 Å². The maximum absolute atomic E-state index is 12.9. The Morgan fingerprint density at radius 2 is 2.21 bits per heavy atom. The second kappa shape index (κ2) is 4.72. The molecule has 1 aromatic rings. The molecule has 6 heteroatoms. The Kier molecular flexibility index (Phi) is 4.51. The highest BCUT2D eigenvalue weighted by molar-refractivity contribution is 5.85. The number of rotatable bonds is 3. The van der Waals surface area contributed by atoms with E-state index in [1.54, 1.807) is 19.3 Å². The van der Waals surface area contributed by atoms with Crippen LogP contribution in [-0.2, 0) is 7.05 Å². The van der Waals surface area contributed by atoms with E-state index in [1.165, 1.54) is 10.6 Å². The van der Waals surface area contributed by atoms with Crippen molar-refractivity contribution in [2.75, 3.05) is 6.61 Å². The Labute approximate surface area is 86.9 Å². The summed E-state index contributed by atoms with van der Waals surface area (Å²) >= 11 is 0. The lowest BCUT2D eigenvalue weighted by Gasteiger charge is -2.21. The van der Waals surface area contributed by atoms with Gasteiger partial charge in [-0.25, -0.2) is 8.78 Å². The van der Waals surface area contributed by atoms with Crippen molar-refractivity contribution in [3.05, 3.63) is 24.0 Å². The van der Waals surface area contributed by atoms with Crippen LogP contribution in [0.25, 0.3) is 0 Å². The summed E-state index contributed by atoms with van der Waals surface area (Å²) in [6.07, 6.45) is 1.63. The smallest absolute Gasteiger partial charge is 0.290 e. The third-order valence-corrected chi connectivity index (χ3v) is 1.97. The topological polar surface area (TPSA) is 51.2 Å². The number of nitrogens with two attached hydrogens (primary N) is 1. The fourth-order valence-electron chi connectivity index (χ4n) is 1.11. The molecule has 0 unspecified atom stereocenters. The molecule has 1 aromatic heterocycles. The van der Waals surface area contributed by atoms with Crippen molar-refractivity contribution < 1.29 is 13.9 Å². The number of aliphatic hydroxyl groups excluding tert-OH is 1. The highest BCUT2D eigenvalue weighted by Crippen LogP contribution is 2.28. The summed E-state index contributed by atoms with van der Waals surface area (Å²) in [5.41, 5.74) is 5.60. The number of hydrogen-bond donors (Lipinski definition) is 2. The van der Waals surface area contributed by atoms with Gasteiger partial charge in [0.1, 0.15) is 12.6 Å². The van der Waals surface area contributed by atoms with Gasteiger partial charge in [0.05, 0.1) is 0 Å². The van der Waals surface area contributed by atoms with Gasteiger partial charge in [0, 0.05) is 18.9 Å². The molecule has 0 fully saturated rings. The Bertz CT molecular complexity index is 291. The van der Waals surface area contributed by atoms with Gasteiger partial charge in [-0.2, -0.15) is 0 Å². The number of aromatic nitrogens is 1. The molecular weight excluding hydrogens is 214 g/mol. The van der Waals surface area contributed by atoms with Crippen LogP contribution in [0.2, 0.25) is 0 Å². The first-order chi connectivity index (χ1) is 5.99. The maximum atomic E-state index is 12.9. The predicted octanol–water partition coefficient (Wildman–Crippen LogP) is 1.07. The average Bonchev–Trinajstić information content (AvgIpc) is 2.50. The van der Waals surface area contributed by atoms with Crippen LogP contribution in [0.1, 0.15) is 11.7 Å². The van der Waals surface area contributed by atoms with Crippen molar-refractivity contribution >= 4 is 12.4 Å². The van der Waals surface area contributed by atoms with Gasteiger partial charge < -0.3 is 15.4 Å². The van der Waals surface area contributed by atoms with Gasteiger partial charge >= 0.3 is 0 Å².